The molecule has 0 aliphatic carbocycles. The number of ether oxygens (including phenoxy) is 1. The second-order valence-corrected chi connectivity index (χ2v) is 6.22. The fourth-order valence-electron chi connectivity index (χ4n) is 2.06. The lowest BCUT2D eigenvalue weighted by atomic mass is 10.2. The van der Waals surface area contributed by atoms with Crippen LogP contribution in [0.1, 0.15) is 26.0 Å². The maximum atomic E-state index is 12.2. The molecule has 0 bridgehead atoms. The lowest BCUT2D eigenvalue weighted by Gasteiger charge is -2.06. The van der Waals surface area contributed by atoms with Gasteiger partial charge in [0.25, 0.3) is 5.91 Å². The molecule has 5 nitrogen and oxygen atoms in total. The molecule has 6 heteroatoms. The Kier molecular flexibility index (Phi) is 4.73. The van der Waals surface area contributed by atoms with Crippen LogP contribution in [0.15, 0.2) is 53.3 Å². The van der Waals surface area contributed by atoms with Gasteiger partial charge in [-0.1, -0.05) is 18.2 Å². The van der Waals surface area contributed by atoms with Gasteiger partial charge in [0.05, 0.1) is 17.8 Å². The van der Waals surface area contributed by atoms with Gasteiger partial charge in [0.2, 0.25) is 0 Å². The van der Waals surface area contributed by atoms with E-state index in [1.807, 2.05) is 37.3 Å². The minimum absolute atomic E-state index is 0.257. The SMILES string of the molecule is Cc1ncc(CNC(=O)c2occc2COc2ccccc2)s1. The van der Waals surface area contributed by atoms with Crippen LogP contribution in [0.3, 0.4) is 0 Å². The molecular formula is C17H16N2O3S. The van der Waals surface area contributed by atoms with Gasteiger partial charge < -0.3 is 14.5 Å². The van der Waals surface area contributed by atoms with Crippen molar-refractivity contribution in [3.05, 3.63) is 70.1 Å². The number of aromatic nitrogens is 1. The maximum absolute atomic E-state index is 12.2. The number of hydrogen-bond donors (Lipinski definition) is 1. The number of para-hydroxylation sites is 1. The Labute approximate surface area is 137 Å². The number of nitrogens with one attached hydrogen (secondary N) is 1. The normalized spacial score (nSPS) is 10.5. The van der Waals surface area contributed by atoms with Crippen LogP contribution in [0, 0.1) is 6.92 Å². The third-order valence-electron chi connectivity index (χ3n) is 3.18. The van der Waals surface area contributed by atoms with Gasteiger partial charge in [-0.15, -0.1) is 11.3 Å². The summed E-state index contributed by atoms with van der Waals surface area (Å²) in [6.45, 7) is 2.65. The molecule has 0 saturated heterocycles. The lowest BCUT2D eigenvalue weighted by Crippen LogP contribution is -2.23. The first-order valence-corrected chi connectivity index (χ1v) is 7.98. The summed E-state index contributed by atoms with van der Waals surface area (Å²) >= 11 is 1.56. The van der Waals surface area contributed by atoms with Crippen molar-refractivity contribution in [3.63, 3.8) is 0 Å². The molecule has 0 aliphatic rings. The van der Waals surface area contributed by atoms with Crippen molar-refractivity contribution in [2.75, 3.05) is 0 Å². The van der Waals surface area contributed by atoms with Crippen LogP contribution in [0.2, 0.25) is 0 Å². The topological polar surface area (TPSA) is 64.4 Å². The molecule has 0 saturated carbocycles. The molecular weight excluding hydrogens is 312 g/mol. The Morgan fingerprint density at radius 1 is 1.30 bits per heavy atom. The molecule has 3 rings (SSSR count). The summed E-state index contributed by atoms with van der Waals surface area (Å²) in [6, 6.07) is 11.2. The fraction of sp³-hybridized carbons (Fsp3) is 0.176. The number of amides is 1. The number of nitrogens with zero attached hydrogens (tertiary/aromatic N) is 1. The molecule has 2 aromatic heterocycles. The van der Waals surface area contributed by atoms with E-state index in [9.17, 15) is 4.79 Å². The number of thiazole rings is 1. The van der Waals surface area contributed by atoms with Crippen molar-refractivity contribution >= 4 is 17.2 Å². The Hall–Kier alpha value is -2.60. The van der Waals surface area contributed by atoms with E-state index >= 15 is 0 Å². The molecule has 0 fully saturated rings. The van der Waals surface area contributed by atoms with Gasteiger partial charge in [-0.05, 0) is 25.1 Å². The lowest BCUT2D eigenvalue weighted by molar-refractivity contribution is 0.0920. The number of carbonyl (C=O) groups excluding carboxylic acids is 1. The predicted octanol–water partition coefficient (Wildman–Crippen LogP) is 3.55. The average Bonchev–Trinajstić information content (AvgIpc) is 3.20. The van der Waals surface area contributed by atoms with E-state index < -0.39 is 0 Å². The first kappa shape index (κ1) is 15.3. The molecule has 0 radical (unpaired) electrons. The van der Waals surface area contributed by atoms with Gasteiger partial charge in [-0.25, -0.2) is 4.98 Å². The Bertz CT molecular complexity index is 780. The van der Waals surface area contributed by atoms with Gasteiger partial charge in [-0.3, -0.25) is 4.79 Å². The molecule has 0 atom stereocenters. The highest BCUT2D eigenvalue weighted by Crippen LogP contribution is 2.16. The van der Waals surface area contributed by atoms with E-state index in [0.29, 0.717) is 12.1 Å². The maximum Gasteiger partial charge on any atom is 0.287 e. The average molecular weight is 328 g/mol. The second-order valence-electron chi connectivity index (χ2n) is 4.90. The van der Waals surface area contributed by atoms with Crippen molar-refractivity contribution in [3.8, 4) is 5.75 Å². The largest absolute Gasteiger partial charge is 0.489 e. The van der Waals surface area contributed by atoms with Crippen LogP contribution in [0.4, 0.5) is 0 Å². The van der Waals surface area contributed by atoms with Gasteiger partial charge in [-0.2, -0.15) is 0 Å². The molecule has 23 heavy (non-hydrogen) atoms. The van der Waals surface area contributed by atoms with E-state index in [-0.39, 0.29) is 18.3 Å². The van der Waals surface area contributed by atoms with Crippen LogP contribution >= 0.6 is 11.3 Å². The highest BCUT2D eigenvalue weighted by molar-refractivity contribution is 7.11. The van der Waals surface area contributed by atoms with Crippen molar-refractivity contribution in [1.82, 2.24) is 10.3 Å². The summed E-state index contributed by atoms with van der Waals surface area (Å²) < 4.78 is 11.0. The number of aryl methyl sites for hydroxylation is 1. The summed E-state index contributed by atoms with van der Waals surface area (Å²) in [5.74, 6) is 0.773. The number of hydrogen-bond acceptors (Lipinski definition) is 5. The Morgan fingerprint density at radius 2 is 2.13 bits per heavy atom. The fourth-order valence-corrected chi connectivity index (χ4v) is 2.80. The number of furan rings is 1. The number of rotatable bonds is 6. The molecule has 1 N–H and O–H groups in total. The summed E-state index contributed by atoms with van der Waals surface area (Å²) in [4.78, 5) is 17.4. The summed E-state index contributed by atoms with van der Waals surface area (Å²) in [7, 11) is 0. The highest BCUT2D eigenvalue weighted by atomic mass is 32.1. The zero-order chi connectivity index (χ0) is 16.1. The van der Waals surface area contributed by atoms with Crippen molar-refractivity contribution in [2.45, 2.75) is 20.1 Å². The first-order valence-electron chi connectivity index (χ1n) is 7.16. The van der Waals surface area contributed by atoms with E-state index in [4.69, 9.17) is 9.15 Å². The van der Waals surface area contributed by atoms with E-state index in [1.165, 1.54) is 6.26 Å². The van der Waals surface area contributed by atoms with Crippen LogP contribution in [0.5, 0.6) is 5.75 Å². The summed E-state index contributed by atoms with van der Waals surface area (Å²) in [6.07, 6.45) is 3.26. The smallest absolute Gasteiger partial charge is 0.287 e. The van der Waals surface area contributed by atoms with E-state index in [0.717, 1.165) is 15.6 Å². The van der Waals surface area contributed by atoms with E-state index in [2.05, 4.69) is 10.3 Å². The predicted molar refractivity (Wildman–Crippen MR) is 87.5 cm³/mol. The minimum Gasteiger partial charge on any atom is -0.489 e. The Morgan fingerprint density at radius 3 is 2.87 bits per heavy atom. The van der Waals surface area contributed by atoms with E-state index in [1.54, 1.807) is 23.6 Å². The van der Waals surface area contributed by atoms with Crippen LogP contribution < -0.4 is 10.1 Å². The molecule has 0 aliphatic heterocycles. The van der Waals surface area contributed by atoms with Crippen molar-refractivity contribution < 1.29 is 13.9 Å². The summed E-state index contributed by atoms with van der Waals surface area (Å²) in [5, 5.41) is 3.81. The van der Waals surface area contributed by atoms with Crippen molar-refractivity contribution in [1.29, 1.82) is 0 Å². The molecule has 0 unspecified atom stereocenters. The highest BCUT2D eigenvalue weighted by Gasteiger charge is 2.16. The van der Waals surface area contributed by atoms with Crippen molar-refractivity contribution in [2.24, 2.45) is 0 Å². The summed E-state index contributed by atoms with van der Waals surface area (Å²) in [5.41, 5.74) is 0.715. The van der Waals surface area contributed by atoms with Crippen LogP contribution in [0.25, 0.3) is 0 Å². The number of carbonyl (C=O) groups is 1. The molecule has 3 aromatic rings. The quantitative estimate of drug-likeness (QED) is 0.751. The molecule has 1 amide bonds. The second kappa shape index (κ2) is 7.11. The van der Waals surface area contributed by atoms with Crippen LogP contribution in [-0.2, 0) is 13.2 Å². The minimum atomic E-state index is -0.257. The van der Waals surface area contributed by atoms with Gasteiger partial charge in [0.1, 0.15) is 12.4 Å². The van der Waals surface area contributed by atoms with Gasteiger partial charge in [0.15, 0.2) is 5.76 Å². The molecule has 1 aromatic carbocycles. The standard InChI is InChI=1S/C17H16N2O3S/c1-12-18-9-15(23-12)10-19-17(20)16-13(7-8-21-16)11-22-14-5-3-2-4-6-14/h2-9H,10-11H2,1H3,(H,19,20). The molecule has 0 spiro atoms. The zero-order valence-corrected chi connectivity index (χ0v) is 13.4. The third kappa shape index (κ3) is 3.98. The molecule has 118 valence electrons. The van der Waals surface area contributed by atoms with Gasteiger partial charge in [0, 0.05) is 16.6 Å². The first-order chi connectivity index (χ1) is 11.2. The molecule has 2 heterocycles. The third-order valence-corrected chi connectivity index (χ3v) is 4.10. The monoisotopic (exact) mass is 328 g/mol. The zero-order valence-electron chi connectivity index (χ0n) is 12.6. The number of benzene rings is 1. The Balaban J connectivity index is 1.59. The van der Waals surface area contributed by atoms with Gasteiger partial charge >= 0.3 is 0 Å². The van der Waals surface area contributed by atoms with Crippen LogP contribution in [-0.4, -0.2) is 10.9 Å².